The molecule has 0 aromatic carbocycles. The van der Waals surface area contributed by atoms with Crippen LogP contribution in [0.1, 0.15) is 113 Å². The van der Waals surface area contributed by atoms with Gasteiger partial charge in [-0.1, -0.05) is 47.5 Å². The van der Waals surface area contributed by atoms with Crippen LogP contribution in [0.15, 0.2) is 4.99 Å². The number of primary amides is 1. The van der Waals surface area contributed by atoms with Gasteiger partial charge in [-0.15, -0.1) is 0 Å². The molecule has 0 bridgehead atoms. The zero-order chi connectivity index (χ0) is 47.3. The fourth-order valence-electron chi connectivity index (χ4n) is 6.83. The molecule has 0 aliphatic carbocycles. The van der Waals surface area contributed by atoms with Crippen molar-refractivity contribution in [3.05, 3.63) is 0 Å². The predicted octanol–water partition coefficient (Wildman–Crippen LogP) is -2.76. The molecule has 1 fully saturated rings. The molecule has 352 valence electrons. The number of nitrogens with two attached hydrogens (primary N) is 3. The zero-order valence-electron chi connectivity index (χ0n) is 37.5. The Labute approximate surface area is 364 Å². The van der Waals surface area contributed by atoms with Crippen LogP contribution in [0.4, 0.5) is 0 Å². The topological polar surface area (TPSA) is 352 Å². The molecule has 0 aromatic heterocycles. The average molecular weight is 881 g/mol. The van der Waals surface area contributed by atoms with Crippen LogP contribution in [0.5, 0.6) is 0 Å². The summed E-state index contributed by atoms with van der Waals surface area (Å²) in [4.78, 5) is 124. The second-order valence-corrected chi connectivity index (χ2v) is 16.0. The number of aliphatic hydroxyl groups excluding tert-OH is 1. The van der Waals surface area contributed by atoms with Gasteiger partial charge in [-0.05, 0) is 64.2 Å². The van der Waals surface area contributed by atoms with Gasteiger partial charge in [-0.2, -0.15) is 0 Å². The van der Waals surface area contributed by atoms with Gasteiger partial charge >= 0.3 is 0 Å². The third kappa shape index (κ3) is 18.2. The smallest absolute Gasteiger partial charge is 0.245 e. The minimum Gasteiger partial charge on any atom is -0.391 e. The van der Waals surface area contributed by atoms with E-state index in [1.807, 2.05) is 0 Å². The van der Waals surface area contributed by atoms with Crippen LogP contribution < -0.4 is 54.4 Å². The molecule has 0 saturated carbocycles. The Morgan fingerprint density at radius 1 is 0.710 bits per heavy atom. The minimum absolute atomic E-state index is 0.102. The van der Waals surface area contributed by atoms with Crippen LogP contribution in [0.2, 0.25) is 0 Å². The van der Waals surface area contributed by atoms with Gasteiger partial charge in [0.25, 0.3) is 0 Å². The van der Waals surface area contributed by atoms with Crippen LogP contribution in [0.25, 0.3) is 0 Å². The first kappa shape index (κ1) is 54.5. The van der Waals surface area contributed by atoms with E-state index in [1.54, 1.807) is 41.5 Å². The summed E-state index contributed by atoms with van der Waals surface area (Å²) in [6, 6.07) is -8.22. The monoisotopic (exact) mass is 881 g/mol. The molecule has 1 rings (SSSR count). The van der Waals surface area contributed by atoms with Crippen molar-refractivity contribution in [2.75, 3.05) is 19.6 Å². The quantitative estimate of drug-likeness (QED) is 0.0227. The summed E-state index contributed by atoms with van der Waals surface area (Å²) in [6.45, 7) is 13.5. The van der Waals surface area contributed by atoms with Crippen molar-refractivity contribution in [1.29, 1.82) is 0 Å². The van der Waals surface area contributed by atoms with Gasteiger partial charge in [0.15, 0.2) is 5.96 Å². The number of guanidine groups is 1. The number of nitrogens with one attached hydrogen (secondary N) is 7. The maximum atomic E-state index is 14.1. The molecule has 9 amide bonds. The Morgan fingerprint density at radius 3 is 1.82 bits per heavy atom. The molecular weight excluding hydrogens is 809 g/mol. The van der Waals surface area contributed by atoms with E-state index >= 15 is 0 Å². The van der Waals surface area contributed by atoms with Crippen molar-refractivity contribution in [3.8, 4) is 0 Å². The maximum Gasteiger partial charge on any atom is 0.245 e. The second kappa shape index (κ2) is 27.4. The van der Waals surface area contributed by atoms with Gasteiger partial charge in [0.05, 0.1) is 6.10 Å². The lowest BCUT2D eigenvalue weighted by atomic mass is 9.95. The summed E-state index contributed by atoms with van der Waals surface area (Å²) in [5.41, 5.74) is 16.0. The number of hydrogen-bond donors (Lipinski definition) is 11. The Bertz CT molecular complexity index is 1590. The number of aliphatic imine (C=N–C) groups is 1. The van der Waals surface area contributed by atoms with E-state index in [2.05, 4.69) is 42.2 Å². The van der Waals surface area contributed by atoms with Gasteiger partial charge in [0.2, 0.25) is 53.2 Å². The number of likely N-dealkylation sites (tertiary alicyclic amines) is 1. The Balaban J connectivity index is 3.24. The lowest BCUT2D eigenvalue weighted by Crippen LogP contribution is -2.63. The van der Waals surface area contributed by atoms with E-state index in [1.165, 1.54) is 18.7 Å². The van der Waals surface area contributed by atoms with Gasteiger partial charge in [-0.25, -0.2) is 0 Å². The molecule has 9 atom stereocenters. The highest BCUT2D eigenvalue weighted by Crippen LogP contribution is 2.21. The van der Waals surface area contributed by atoms with E-state index in [0.717, 1.165) is 0 Å². The normalized spacial score (nSPS) is 17.4. The lowest BCUT2D eigenvalue weighted by molar-refractivity contribution is -0.143. The highest BCUT2D eigenvalue weighted by molar-refractivity contribution is 5.98. The summed E-state index contributed by atoms with van der Waals surface area (Å²) in [7, 11) is 0. The number of carbonyl (C=O) groups is 9. The highest BCUT2D eigenvalue weighted by Gasteiger charge is 2.40. The van der Waals surface area contributed by atoms with E-state index < -0.39 is 113 Å². The standard InChI is InChI=1S/C40H72N12O10/c1-9-14-27(39(62)52-20-13-16-28(52)35(58)47-25(33(56)44-11-3)15-12-19-45-40(42)43)48-38(61)32(23(7)53)51-37(60)31(22(6)10-2)50-36(59)30(21(4)5)49-34(57)26(46-24(8)54)17-18-29(41)55/h21-23,25-28,30-32,53H,9-20H2,1-8H3,(H2,41,55)(H,44,56)(H,46,54)(H,47,58)(H,48,61)(H,49,57)(H,50,59)(H,51,60)(H4,42,43,45)/t22-,23+,25-,26-,27-,28-,30-,31+,32-/m0/s1. The number of carbonyl (C=O) groups excluding carboxylic acids is 9. The predicted molar refractivity (Wildman–Crippen MR) is 230 cm³/mol. The van der Waals surface area contributed by atoms with Crippen LogP contribution in [0, 0.1) is 11.8 Å². The number of aliphatic hydroxyl groups is 1. The van der Waals surface area contributed by atoms with E-state index in [9.17, 15) is 48.3 Å². The fourth-order valence-corrected chi connectivity index (χ4v) is 6.83. The van der Waals surface area contributed by atoms with Gasteiger partial charge in [-0.3, -0.25) is 48.1 Å². The third-order valence-electron chi connectivity index (χ3n) is 10.4. The summed E-state index contributed by atoms with van der Waals surface area (Å²) < 4.78 is 0. The molecule has 0 radical (unpaired) electrons. The largest absolute Gasteiger partial charge is 0.391 e. The van der Waals surface area contributed by atoms with E-state index in [0.29, 0.717) is 38.6 Å². The number of rotatable bonds is 27. The number of hydrogen-bond acceptors (Lipinski definition) is 11. The Hall–Kier alpha value is -5.54. The number of likely N-dealkylation sites (N-methyl/N-ethyl adjacent to an activating group) is 1. The molecular formula is C40H72N12O10. The molecule has 0 unspecified atom stereocenters. The van der Waals surface area contributed by atoms with Gasteiger partial charge in [0.1, 0.15) is 42.3 Å². The first-order valence-electron chi connectivity index (χ1n) is 21.5. The van der Waals surface area contributed by atoms with Crippen LogP contribution in [-0.4, -0.2) is 137 Å². The third-order valence-corrected chi connectivity index (χ3v) is 10.4. The molecule has 22 nitrogen and oxygen atoms in total. The molecule has 0 spiro atoms. The van der Waals surface area contributed by atoms with Gasteiger partial charge < -0.3 is 64.4 Å². The van der Waals surface area contributed by atoms with Crippen molar-refractivity contribution in [3.63, 3.8) is 0 Å². The first-order valence-corrected chi connectivity index (χ1v) is 21.5. The van der Waals surface area contributed by atoms with Crippen molar-refractivity contribution in [2.24, 2.45) is 34.0 Å². The Morgan fingerprint density at radius 2 is 1.29 bits per heavy atom. The number of nitrogens with zero attached hydrogens (tertiary/aromatic N) is 2. The van der Waals surface area contributed by atoms with Crippen LogP contribution in [-0.2, 0) is 43.2 Å². The first-order chi connectivity index (χ1) is 29.1. The summed E-state index contributed by atoms with van der Waals surface area (Å²) in [5.74, 6) is -7.08. The summed E-state index contributed by atoms with van der Waals surface area (Å²) in [6.07, 6.45) is 0.596. The van der Waals surface area contributed by atoms with Crippen LogP contribution in [0.3, 0.4) is 0 Å². The molecule has 1 saturated heterocycles. The molecule has 22 heteroatoms. The molecule has 14 N–H and O–H groups in total. The molecule has 62 heavy (non-hydrogen) atoms. The summed E-state index contributed by atoms with van der Waals surface area (Å²) in [5, 5.41) is 29.1. The van der Waals surface area contributed by atoms with E-state index in [-0.39, 0.29) is 44.7 Å². The molecule has 1 aliphatic heterocycles. The van der Waals surface area contributed by atoms with Crippen molar-refractivity contribution < 1.29 is 48.3 Å². The number of amides is 9. The van der Waals surface area contributed by atoms with Crippen LogP contribution >= 0.6 is 0 Å². The zero-order valence-corrected chi connectivity index (χ0v) is 37.5. The Kier molecular flexibility index (Phi) is 24.1. The second-order valence-electron chi connectivity index (χ2n) is 16.0. The highest BCUT2D eigenvalue weighted by atomic mass is 16.3. The SMILES string of the molecule is CCC[C@H](NC(=O)[C@@H](NC(=O)[C@H](NC(=O)[C@@H](NC(=O)[C@H](CCC(N)=O)NC(C)=O)C(C)C)[C@@H](C)CC)[C@@H](C)O)C(=O)N1CCC[C@H]1C(=O)N[C@@H](CCCN=C(N)N)C(=O)NCC. The van der Waals surface area contributed by atoms with Crippen molar-refractivity contribution in [2.45, 2.75) is 162 Å². The van der Waals surface area contributed by atoms with Crippen molar-refractivity contribution in [1.82, 2.24) is 42.1 Å². The minimum atomic E-state index is -1.59. The molecule has 1 aliphatic rings. The average Bonchev–Trinajstić information content (AvgIpc) is 3.69. The van der Waals surface area contributed by atoms with Gasteiger partial charge in [0, 0.05) is 33.0 Å². The molecule has 0 aromatic rings. The molecule has 1 heterocycles. The fraction of sp³-hybridized carbons (Fsp3) is 0.750. The summed E-state index contributed by atoms with van der Waals surface area (Å²) >= 11 is 0. The lowest BCUT2D eigenvalue weighted by Gasteiger charge is -2.32. The van der Waals surface area contributed by atoms with Crippen molar-refractivity contribution >= 4 is 59.1 Å². The van der Waals surface area contributed by atoms with E-state index in [4.69, 9.17) is 17.2 Å². The maximum absolute atomic E-state index is 14.1.